The van der Waals surface area contributed by atoms with E-state index in [0.717, 1.165) is 11.6 Å². The van der Waals surface area contributed by atoms with Crippen molar-refractivity contribution in [3.8, 4) is 0 Å². The fraction of sp³-hybridized carbons (Fsp3) is 0.389. The molecule has 0 unspecified atom stereocenters. The average molecular weight is 348 g/mol. The van der Waals surface area contributed by atoms with E-state index in [1.807, 2.05) is 20.8 Å². The maximum absolute atomic E-state index is 12.2. The molecule has 136 valence electrons. The predicted molar refractivity (Wildman–Crippen MR) is 94.1 cm³/mol. The summed E-state index contributed by atoms with van der Waals surface area (Å²) >= 11 is 0. The van der Waals surface area contributed by atoms with Gasteiger partial charge in [-0.05, 0) is 30.5 Å². The average Bonchev–Trinajstić information content (AvgIpc) is 2.59. The van der Waals surface area contributed by atoms with Crippen LogP contribution in [0.1, 0.15) is 29.8 Å². The summed E-state index contributed by atoms with van der Waals surface area (Å²) in [5.41, 5.74) is 1.66. The van der Waals surface area contributed by atoms with Crippen molar-refractivity contribution in [2.45, 2.75) is 20.8 Å². The highest BCUT2D eigenvalue weighted by Gasteiger charge is 2.15. The number of nitrogens with one attached hydrogen (secondary N) is 2. The first-order valence-electron chi connectivity index (χ1n) is 7.82. The van der Waals surface area contributed by atoms with Gasteiger partial charge in [-0.1, -0.05) is 19.9 Å². The summed E-state index contributed by atoms with van der Waals surface area (Å²) in [6.45, 7) is 6.38. The third-order valence-corrected chi connectivity index (χ3v) is 3.31. The van der Waals surface area contributed by atoms with Gasteiger partial charge in [0.05, 0.1) is 20.3 Å². The van der Waals surface area contributed by atoms with Gasteiger partial charge in [0.1, 0.15) is 5.70 Å². The molecule has 0 spiro atoms. The van der Waals surface area contributed by atoms with Crippen molar-refractivity contribution >= 4 is 23.5 Å². The summed E-state index contributed by atoms with van der Waals surface area (Å²) in [6, 6.07) is 5.05. The topological polar surface area (TPSA) is 93.7 Å². The second kappa shape index (κ2) is 9.46. The van der Waals surface area contributed by atoms with Crippen molar-refractivity contribution in [1.29, 1.82) is 0 Å². The minimum atomic E-state index is -0.723. The highest BCUT2D eigenvalue weighted by molar-refractivity contribution is 6.00. The smallest absolute Gasteiger partial charge is 0.354 e. The maximum Gasteiger partial charge on any atom is 0.354 e. The van der Waals surface area contributed by atoms with Crippen LogP contribution in [-0.2, 0) is 19.1 Å². The molecule has 0 saturated carbocycles. The number of hydrogen-bond acceptors (Lipinski definition) is 6. The summed E-state index contributed by atoms with van der Waals surface area (Å²) in [5, 5.41) is 5.66. The van der Waals surface area contributed by atoms with E-state index in [4.69, 9.17) is 0 Å². The van der Waals surface area contributed by atoms with Crippen molar-refractivity contribution in [3.05, 3.63) is 41.1 Å². The Morgan fingerprint density at radius 1 is 1.16 bits per heavy atom. The quantitative estimate of drug-likeness (QED) is 0.578. The Balaban J connectivity index is 3.08. The second-order valence-corrected chi connectivity index (χ2v) is 5.83. The van der Waals surface area contributed by atoms with Gasteiger partial charge in [-0.25, -0.2) is 9.59 Å². The van der Waals surface area contributed by atoms with Crippen LogP contribution in [0.15, 0.2) is 30.0 Å². The molecule has 0 aromatic heterocycles. The lowest BCUT2D eigenvalue weighted by molar-refractivity contribution is -0.138. The van der Waals surface area contributed by atoms with Gasteiger partial charge in [0, 0.05) is 17.8 Å². The van der Waals surface area contributed by atoms with E-state index in [1.165, 1.54) is 14.2 Å². The van der Waals surface area contributed by atoms with Gasteiger partial charge in [-0.2, -0.15) is 0 Å². The van der Waals surface area contributed by atoms with Gasteiger partial charge in [0.2, 0.25) is 0 Å². The Morgan fingerprint density at radius 3 is 2.40 bits per heavy atom. The van der Waals surface area contributed by atoms with Crippen molar-refractivity contribution < 1.29 is 23.9 Å². The normalized spacial score (nSPS) is 11.0. The minimum absolute atomic E-state index is 0.0859. The van der Waals surface area contributed by atoms with Crippen LogP contribution in [0, 0.1) is 12.8 Å². The highest BCUT2D eigenvalue weighted by Crippen LogP contribution is 2.19. The molecule has 0 aliphatic rings. The number of hydrogen-bond donors (Lipinski definition) is 2. The summed E-state index contributed by atoms with van der Waals surface area (Å²) in [4.78, 5) is 35.5. The van der Waals surface area contributed by atoms with Crippen LogP contribution in [0.4, 0.5) is 5.69 Å². The fourth-order valence-electron chi connectivity index (χ4n) is 1.87. The number of aryl methyl sites for hydroxylation is 1. The monoisotopic (exact) mass is 348 g/mol. The Bertz CT molecular complexity index is 680. The molecule has 7 heteroatoms. The lowest BCUT2D eigenvalue weighted by atomic mass is 10.1. The molecule has 0 fully saturated rings. The zero-order valence-corrected chi connectivity index (χ0v) is 15.1. The molecular formula is C18H24N2O5. The number of esters is 2. The van der Waals surface area contributed by atoms with Crippen LogP contribution < -0.4 is 10.6 Å². The molecule has 0 saturated heterocycles. The van der Waals surface area contributed by atoms with Crippen molar-refractivity contribution in [1.82, 2.24) is 5.32 Å². The van der Waals surface area contributed by atoms with Crippen molar-refractivity contribution in [3.63, 3.8) is 0 Å². The standard InChI is InChI=1S/C18H24N2O5/c1-11(2)10-19-17(22)13-7-6-12(3)14(8-13)20-15(18(23)25-5)9-16(21)24-4/h6-9,11,20H,10H2,1-5H3,(H,19,22)/b15-9+. The summed E-state index contributed by atoms with van der Waals surface area (Å²) in [7, 11) is 2.41. The Labute approximate surface area is 147 Å². The molecule has 0 radical (unpaired) electrons. The van der Waals surface area contributed by atoms with Crippen LogP contribution in [0.5, 0.6) is 0 Å². The summed E-state index contributed by atoms with van der Waals surface area (Å²) in [6.07, 6.45) is 0.997. The Hall–Kier alpha value is -2.83. The van der Waals surface area contributed by atoms with E-state index >= 15 is 0 Å². The summed E-state index contributed by atoms with van der Waals surface area (Å²) < 4.78 is 9.19. The molecule has 2 N–H and O–H groups in total. The van der Waals surface area contributed by atoms with E-state index in [9.17, 15) is 14.4 Å². The van der Waals surface area contributed by atoms with Gasteiger partial charge in [0.15, 0.2) is 0 Å². The number of benzene rings is 1. The first kappa shape index (κ1) is 20.2. The van der Waals surface area contributed by atoms with Gasteiger partial charge < -0.3 is 20.1 Å². The van der Waals surface area contributed by atoms with E-state index in [2.05, 4.69) is 20.1 Å². The van der Waals surface area contributed by atoms with E-state index < -0.39 is 11.9 Å². The van der Waals surface area contributed by atoms with Gasteiger partial charge in [-0.15, -0.1) is 0 Å². The molecule has 1 rings (SSSR count). The first-order valence-corrected chi connectivity index (χ1v) is 7.82. The lowest BCUT2D eigenvalue weighted by Crippen LogP contribution is -2.27. The van der Waals surface area contributed by atoms with Crippen molar-refractivity contribution in [2.75, 3.05) is 26.1 Å². The third kappa shape index (κ3) is 6.29. The highest BCUT2D eigenvalue weighted by atomic mass is 16.5. The number of methoxy groups -OCH3 is 2. The number of carbonyl (C=O) groups is 3. The van der Waals surface area contributed by atoms with Crippen molar-refractivity contribution in [2.24, 2.45) is 5.92 Å². The zero-order chi connectivity index (χ0) is 19.0. The van der Waals surface area contributed by atoms with Gasteiger partial charge >= 0.3 is 11.9 Å². The molecule has 0 aliphatic carbocycles. The second-order valence-electron chi connectivity index (χ2n) is 5.83. The number of carbonyl (C=O) groups excluding carboxylic acids is 3. The number of ether oxygens (including phenoxy) is 2. The van der Waals surface area contributed by atoms with Crippen LogP contribution in [-0.4, -0.2) is 38.6 Å². The zero-order valence-electron chi connectivity index (χ0n) is 15.1. The van der Waals surface area contributed by atoms with Crippen LogP contribution in [0.3, 0.4) is 0 Å². The molecule has 1 aromatic rings. The fourth-order valence-corrected chi connectivity index (χ4v) is 1.87. The largest absolute Gasteiger partial charge is 0.466 e. The van der Waals surface area contributed by atoms with Gasteiger partial charge in [-0.3, -0.25) is 4.79 Å². The predicted octanol–water partition coefficient (Wildman–Crippen LogP) is 2.02. The van der Waals surface area contributed by atoms with Crippen LogP contribution >= 0.6 is 0 Å². The minimum Gasteiger partial charge on any atom is -0.466 e. The molecule has 0 bridgehead atoms. The van der Waals surface area contributed by atoms with Crippen LogP contribution in [0.25, 0.3) is 0 Å². The number of rotatable bonds is 7. The summed E-state index contributed by atoms with van der Waals surface area (Å²) in [5.74, 6) is -1.30. The molecule has 0 atom stereocenters. The lowest BCUT2D eigenvalue weighted by Gasteiger charge is -2.13. The van der Waals surface area contributed by atoms with Crippen LogP contribution in [0.2, 0.25) is 0 Å². The SMILES string of the molecule is COC(=O)/C=C(/Nc1cc(C(=O)NCC(C)C)ccc1C)C(=O)OC. The Morgan fingerprint density at radius 2 is 1.84 bits per heavy atom. The maximum atomic E-state index is 12.2. The molecule has 0 heterocycles. The van der Waals surface area contributed by atoms with Gasteiger partial charge in [0.25, 0.3) is 5.91 Å². The first-order chi connectivity index (χ1) is 11.8. The number of anilines is 1. The molecule has 25 heavy (non-hydrogen) atoms. The number of amides is 1. The van der Waals surface area contributed by atoms with E-state index in [0.29, 0.717) is 23.7 Å². The molecule has 7 nitrogen and oxygen atoms in total. The van der Waals surface area contributed by atoms with E-state index in [1.54, 1.807) is 18.2 Å². The molecule has 0 aliphatic heterocycles. The third-order valence-electron chi connectivity index (χ3n) is 3.31. The Kier molecular flexibility index (Phi) is 7.65. The molecule has 1 amide bonds. The molecular weight excluding hydrogens is 324 g/mol. The molecule has 1 aromatic carbocycles. The van der Waals surface area contributed by atoms with E-state index in [-0.39, 0.29) is 11.6 Å².